The number of benzene rings is 7. The van der Waals surface area contributed by atoms with Gasteiger partial charge in [0.25, 0.3) is 0 Å². The van der Waals surface area contributed by atoms with Gasteiger partial charge in [-0.3, -0.25) is 0 Å². The molecule has 1 unspecified atom stereocenters. The molecule has 0 saturated heterocycles. The van der Waals surface area contributed by atoms with E-state index in [0.29, 0.717) is 0 Å². The molecule has 60 heavy (non-hydrogen) atoms. The predicted molar refractivity (Wildman–Crippen MR) is 261 cm³/mol. The fraction of sp³-hybridized carbons (Fsp3) is 0.0877. The SMILES string of the molecule is C=CC(=C)/C=C\CC.CN(c1ccccc1)c1ccc(N(c2ccccc2)C2CC=CC=C2c2ccc3c4ccccc4n(-c4ccccc4)c3c2)cc1.c1ccccc1. The molecule has 0 aliphatic heterocycles. The third-order valence-electron chi connectivity index (χ3n) is 10.7. The van der Waals surface area contributed by atoms with Crippen LogP contribution in [0.3, 0.4) is 0 Å². The maximum Gasteiger partial charge on any atom is 0.0631 e. The van der Waals surface area contributed by atoms with Gasteiger partial charge < -0.3 is 14.4 Å². The summed E-state index contributed by atoms with van der Waals surface area (Å²) in [5.74, 6) is 0. The van der Waals surface area contributed by atoms with Crippen LogP contribution in [0, 0.1) is 0 Å². The molecule has 1 atom stereocenters. The Kier molecular flexibility index (Phi) is 13.9. The van der Waals surface area contributed by atoms with Crippen molar-refractivity contribution in [3.05, 3.63) is 255 Å². The smallest absolute Gasteiger partial charge is 0.0631 e. The molecule has 1 aromatic heterocycles. The van der Waals surface area contributed by atoms with E-state index in [1.54, 1.807) is 6.08 Å². The van der Waals surface area contributed by atoms with E-state index in [1.165, 1.54) is 55.7 Å². The molecule has 8 aromatic rings. The molecule has 1 aliphatic rings. The number of anilines is 4. The first kappa shape index (κ1) is 40.8. The Balaban J connectivity index is 0.000000333. The van der Waals surface area contributed by atoms with E-state index in [-0.39, 0.29) is 6.04 Å². The number of aromatic nitrogens is 1. The van der Waals surface area contributed by atoms with Gasteiger partial charge in [-0.2, -0.15) is 0 Å². The molecule has 3 heteroatoms. The van der Waals surface area contributed by atoms with Crippen LogP contribution in [0.25, 0.3) is 33.1 Å². The molecule has 0 saturated carbocycles. The Morgan fingerprint density at radius 3 is 1.77 bits per heavy atom. The van der Waals surface area contributed by atoms with Gasteiger partial charge in [0.1, 0.15) is 0 Å². The molecule has 0 bridgehead atoms. The predicted octanol–water partition coefficient (Wildman–Crippen LogP) is 15.5. The topological polar surface area (TPSA) is 11.4 Å². The van der Waals surface area contributed by atoms with E-state index in [0.717, 1.165) is 24.1 Å². The van der Waals surface area contributed by atoms with Gasteiger partial charge in [0.15, 0.2) is 0 Å². The second kappa shape index (κ2) is 20.4. The third-order valence-corrected chi connectivity index (χ3v) is 10.7. The van der Waals surface area contributed by atoms with E-state index >= 15 is 0 Å². The van der Waals surface area contributed by atoms with Gasteiger partial charge in [0.05, 0.1) is 17.1 Å². The van der Waals surface area contributed by atoms with Crippen molar-refractivity contribution in [2.45, 2.75) is 25.8 Å². The molecular weight excluding hydrogens is 727 g/mol. The maximum atomic E-state index is 3.71. The first-order valence-electron chi connectivity index (χ1n) is 20.7. The first-order chi connectivity index (χ1) is 29.6. The van der Waals surface area contributed by atoms with Crippen molar-refractivity contribution in [2.24, 2.45) is 0 Å². The summed E-state index contributed by atoms with van der Waals surface area (Å²) < 4.78 is 2.40. The van der Waals surface area contributed by atoms with Crippen molar-refractivity contribution < 1.29 is 0 Å². The van der Waals surface area contributed by atoms with Gasteiger partial charge in [0.2, 0.25) is 0 Å². The molecule has 0 spiro atoms. The molecule has 0 amide bonds. The van der Waals surface area contributed by atoms with Crippen LogP contribution in [0.5, 0.6) is 0 Å². The monoisotopic (exact) mass is 779 g/mol. The molecule has 1 aliphatic carbocycles. The highest BCUT2D eigenvalue weighted by molar-refractivity contribution is 6.10. The summed E-state index contributed by atoms with van der Waals surface area (Å²) in [6, 6.07) is 68.8. The van der Waals surface area contributed by atoms with E-state index in [1.807, 2.05) is 42.5 Å². The largest absolute Gasteiger partial charge is 0.345 e. The Morgan fingerprint density at radius 2 is 1.13 bits per heavy atom. The third kappa shape index (κ3) is 9.66. The number of hydrogen-bond acceptors (Lipinski definition) is 2. The highest BCUT2D eigenvalue weighted by Gasteiger charge is 2.27. The maximum absolute atomic E-state index is 3.71. The van der Waals surface area contributed by atoms with Gasteiger partial charge >= 0.3 is 0 Å². The summed E-state index contributed by atoms with van der Waals surface area (Å²) in [6.07, 6.45) is 14.5. The Morgan fingerprint density at radius 1 is 0.617 bits per heavy atom. The number of allylic oxidation sites excluding steroid dienone is 6. The van der Waals surface area contributed by atoms with E-state index < -0.39 is 0 Å². The fourth-order valence-electron chi connectivity index (χ4n) is 7.61. The van der Waals surface area contributed by atoms with Crippen molar-refractivity contribution in [3.8, 4) is 5.69 Å². The van der Waals surface area contributed by atoms with Gasteiger partial charge in [-0.1, -0.05) is 178 Å². The van der Waals surface area contributed by atoms with Gasteiger partial charge in [-0.15, -0.1) is 0 Å². The molecular formula is C57H53N3. The van der Waals surface area contributed by atoms with Crippen LogP contribution in [0.2, 0.25) is 0 Å². The molecule has 0 radical (unpaired) electrons. The number of hydrogen-bond donors (Lipinski definition) is 0. The Hall–Kier alpha value is -7.36. The van der Waals surface area contributed by atoms with Crippen LogP contribution in [-0.2, 0) is 0 Å². The average molecular weight is 780 g/mol. The lowest BCUT2D eigenvalue weighted by molar-refractivity contribution is 0.802. The molecule has 0 fully saturated rings. The lowest BCUT2D eigenvalue weighted by Crippen LogP contribution is -2.33. The van der Waals surface area contributed by atoms with Crippen molar-refractivity contribution in [1.29, 1.82) is 0 Å². The molecule has 1 heterocycles. The minimum absolute atomic E-state index is 0.122. The number of para-hydroxylation sites is 4. The van der Waals surface area contributed by atoms with Crippen LogP contribution in [0.1, 0.15) is 25.3 Å². The second-order valence-electron chi connectivity index (χ2n) is 14.6. The summed E-state index contributed by atoms with van der Waals surface area (Å²) >= 11 is 0. The zero-order valence-corrected chi connectivity index (χ0v) is 34.7. The van der Waals surface area contributed by atoms with E-state index in [4.69, 9.17) is 0 Å². The summed E-state index contributed by atoms with van der Waals surface area (Å²) in [4.78, 5) is 4.73. The quantitative estimate of drug-likeness (QED) is 0.128. The van der Waals surface area contributed by atoms with Crippen molar-refractivity contribution in [3.63, 3.8) is 0 Å². The number of nitrogens with zero attached hydrogens (tertiary/aromatic N) is 3. The lowest BCUT2D eigenvalue weighted by atomic mass is 9.90. The summed E-state index contributed by atoms with van der Waals surface area (Å²) in [5, 5.41) is 2.54. The van der Waals surface area contributed by atoms with Crippen molar-refractivity contribution >= 4 is 50.1 Å². The lowest BCUT2D eigenvalue weighted by Gasteiger charge is -2.36. The average Bonchev–Trinajstić information content (AvgIpc) is 3.66. The number of rotatable bonds is 10. The van der Waals surface area contributed by atoms with Crippen LogP contribution in [0.4, 0.5) is 22.7 Å². The van der Waals surface area contributed by atoms with Crippen molar-refractivity contribution in [1.82, 2.24) is 4.57 Å². The highest BCUT2D eigenvalue weighted by atomic mass is 15.2. The Bertz CT molecular complexity index is 2660. The minimum Gasteiger partial charge on any atom is -0.345 e. The second-order valence-corrected chi connectivity index (χ2v) is 14.6. The molecule has 296 valence electrons. The van der Waals surface area contributed by atoms with Crippen LogP contribution in [0.15, 0.2) is 249 Å². The summed E-state index contributed by atoms with van der Waals surface area (Å²) in [7, 11) is 2.12. The zero-order valence-electron chi connectivity index (χ0n) is 34.7. The Labute approximate surface area is 356 Å². The minimum atomic E-state index is 0.122. The zero-order chi connectivity index (χ0) is 41.5. The van der Waals surface area contributed by atoms with Crippen LogP contribution in [-0.4, -0.2) is 17.7 Å². The fourth-order valence-corrected chi connectivity index (χ4v) is 7.61. The number of fused-ring (bicyclic) bond motifs is 3. The van der Waals surface area contributed by atoms with E-state index in [2.05, 4.69) is 224 Å². The van der Waals surface area contributed by atoms with Gasteiger partial charge in [0, 0.05) is 46.3 Å². The summed E-state index contributed by atoms with van der Waals surface area (Å²) in [6.45, 7) is 9.36. The normalized spacial score (nSPS) is 13.1. The first-order valence-corrected chi connectivity index (χ1v) is 20.7. The van der Waals surface area contributed by atoms with Gasteiger partial charge in [-0.05, 0) is 102 Å². The summed E-state index contributed by atoms with van der Waals surface area (Å²) in [5.41, 5.74) is 11.8. The molecule has 9 rings (SSSR count). The molecule has 7 aromatic carbocycles. The molecule has 3 nitrogen and oxygen atoms in total. The van der Waals surface area contributed by atoms with Gasteiger partial charge in [-0.25, -0.2) is 0 Å². The standard InChI is InChI=1S/C43H35N3.C8H12.C6H6/c1-44(33-15-5-2-6-16-33)34-26-28-37(29-27-34)45(35-17-7-3-8-18-35)41-23-13-11-21-38(41)32-25-30-40-39-22-12-14-24-42(39)46(43(40)31-32)36-19-9-4-10-20-36;1-4-6-7-8(3)5-2;1-2-4-6-5-3-1/h2-22,24-31,41H,23H2,1H3;5-7H,2-4H2,1H3;1-6H/b;7-6-;. The molecule has 0 N–H and O–H groups in total. The van der Waals surface area contributed by atoms with Crippen LogP contribution < -0.4 is 9.80 Å². The van der Waals surface area contributed by atoms with Crippen LogP contribution >= 0.6 is 0 Å². The highest BCUT2D eigenvalue weighted by Crippen LogP contribution is 2.40. The van der Waals surface area contributed by atoms with E-state index in [9.17, 15) is 0 Å². The van der Waals surface area contributed by atoms with Crippen molar-refractivity contribution in [2.75, 3.05) is 16.8 Å².